The average Bonchev–Trinajstić information content (AvgIpc) is 3.06. The Bertz CT molecular complexity index is 531. The quantitative estimate of drug-likeness (QED) is 0.804. The molecular weight excluding hydrogens is 296 g/mol. The molecule has 6 nitrogen and oxygen atoms in total. The second kappa shape index (κ2) is 8.41. The Labute approximate surface area is 136 Å². The molecule has 23 heavy (non-hydrogen) atoms. The number of benzene rings is 1. The number of methoxy groups -OCH3 is 2. The summed E-state index contributed by atoms with van der Waals surface area (Å²) in [5.41, 5.74) is 0.442. The fraction of sp³-hybridized carbons (Fsp3) is 0.529. The topological polar surface area (TPSA) is 76.7 Å². The number of carbonyl (C=O) groups excluding carboxylic acids is 2. The van der Waals surface area contributed by atoms with Gasteiger partial charge in [-0.05, 0) is 25.0 Å². The monoisotopic (exact) mass is 320 g/mol. The van der Waals surface area contributed by atoms with Crippen LogP contribution in [0.1, 0.15) is 42.5 Å². The van der Waals surface area contributed by atoms with Crippen molar-refractivity contribution >= 4 is 11.8 Å². The van der Waals surface area contributed by atoms with E-state index in [9.17, 15) is 9.59 Å². The SMILES string of the molecule is COc1cc(OC)cc(C(=O)NCCC(=O)NC2CCCC2)c1. The van der Waals surface area contributed by atoms with Crippen LogP contribution in [0.15, 0.2) is 18.2 Å². The number of carbonyl (C=O) groups is 2. The van der Waals surface area contributed by atoms with Gasteiger partial charge in [0.1, 0.15) is 11.5 Å². The molecule has 2 rings (SSSR count). The van der Waals surface area contributed by atoms with Crippen molar-refractivity contribution in [1.29, 1.82) is 0 Å². The summed E-state index contributed by atoms with van der Waals surface area (Å²) in [5.74, 6) is 0.832. The Morgan fingerprint density at radius 2 is 1.70 bits per heavy atom. The van der Waals surface area contributed by atoms with Gasteiger partial charge in [0.05, 0.1) is 14.2 Å². The van der Waals surface area contributed by atoms with Gasteiger partial charge < -0.3 is 20.1 Å². The van der Waals surface area contributed by atoms with Crippen molar-refractivity contribution in [3.05, 3.63) is 23.8 Å². The van der Waals surface area contributed by atoms with E-state index in [1.54, 1.807) is 18.2 Å². The zero-order chi connectivity index (χ0) is 16.7. The van der Waals surface area contributed by atoms with Gasteiger partial charge in [0.15, 0.2) is 0 Å². The summed E-state index contributed by atoms with van der Waals surface area (Å²) in [6.07, 6.45) is 4.76. The van der Waals surface area contributed by atoms with E-state index in [-0.39, 0.29) is 18.2 Å². The fourth-order valence-electron chi connectivity index (χ4n) is 2.70. The second-order valence-electron chi connectivity index (χ2n) is 5.66. The first-order valence-corrected chi connectivity index (χ1v) is 7.93. The van der Waals surface area contributed by atoms with Gasteiger partial charge in [0, 0.05) is 30.6 Å². The van der Waals surface area contributed by atoms with Crippen molar-refractivity contribution in [3.63, 3.8) is 0 Å². The first-order chi connectivity index (χ1) is 11.1. The molecule has 0 saturated heterocycles. The molecular formula is C17H24N2O4. The van der Waals surface area contributed by atoms with Gasteiger partial charge in [-0.2, -0.15) is 0 Å². The molecule has 2 amide bonds. The lowest BCUT2D eigenvalue weighted by Crippen LogP contribution is -2.35. The van der Waals surface area contributed by atoms with Crippen molar-refractivity contribution in [1.82, 2.24) is 10.6 Å². The summed E-state index contributed by atoms with van der Waals surface area (Å²) < 4.78 is 10.3. The highest BCUT2D eigenvalue weighted by atomic mass is 16.5. The van der Waals surface area contributed by atoms with E-state index in [1.165, 1.54) is 27.1 Å². The predicted octanol–water partition coefficient (Wildman–Crippen LogP) is 1.88. The number of amides is 2. The number of nitrogens with one attached hydrogen (secondary N) is 2. The fourth-order valence-corrected chi connectivity index (χ4v) is 2.70. The van der Waals surface area contributed by atoms with Crippen LogP contribution in [-0.2, 0) is 4.79 Å². The van der Waals surface area contributed by atoms with Crippen LogP contribution in [0, 0.1) is 0 Å². The lowest BCUT2D eigenvalue weighted by atomic mass is 10.2. The summed E-state index contributed by atoms with van der Waals surface area (Å²) in [6, 6.07) is 5.28. The minimum atomic E-state index is -0.254. The van der Waals surface area contributed by atoms with Crippen molar-refractivity contribution in [2.75, 3.05) is 20.8 Å². The minimum absolute atomic E-state index is 0.0135. The standard InChI is InChI=1S/C17H24N2O4/c1-22-14-9-12(10-15(11-14)23-2)17(21)18-8-7-16(20)19-13-5-3-4-6-13/h9-11,13H,3-8H2,1-2H3,(H,18,21)(H,19,20). The lowest BCUT2D eigenvalue weighted by molar-refractivity contribution is -0.121. The zero-order valence-electron chi connectivity index (χ0n) is 13.7. The molecule has 0 radical (unpaired) electrons. The number of rotatable bonds is 7. The maximum absolute atomic E-state index is 12.2. The molecule has 1 fully saturated rings. The van der Waals surface area contributed by atoms with Crippen molar-refractivity contribution in [2.45, 2.75) is 38.1 Å². The Kier molecular flexibility index (Phi) is 6.26. The molecule has 0 heterocycles. The van der Waals surface area contributed by atoms with Crippen LogP contribution in [0.4, 0.5) is 0 Å². The molecule has 1 saturated carbocycles. The highest BCUT2D eigenvalue weighted by Gasteiger charge is 2.17. The molecule has 1 aliphatic carbocycles. The molecule has 1 aromatic carbocycles. The largest absolute Gasteiger partial charge is 0.497 e. The van der Waals surface area contributed by atoms with E-state index in [0.29, 0.717) is 29.6 Å². The molecule has 0 spiro atoms. The Hall–Kier alpha value is -2.24. The van der Waals surface area contributed by atoms with Crippen molar-refractivity contribution < 1.29 is 19.1 Å². The van der Waals surface area contributed by atoms with Crippen LogP contribution in [0.25, 0.3) is 0 Å². The molecule has 2 N–H and O–H groups in total. The van der Waals surface area contributed by atoms with Crippen LogP contribution in [0.2, 0.25) is 0 Å². The van der Waals surface area contributed by atoms with E-state index >= 15 is 0 Å². The maximum Gasteiger partial charge on any atom is 0.251 e. The Balaban J connectivity index is 1.81. The molecule has 1 aliphatic rings. The third-order valence-electron chi connectivity index (χ3n) is 3.97. The third kappa shape index (κ3) is 5.16. The van der Waals surface area contributed by atoms with E-state index in [1.807, 2.05) is 0 Å². The summed E-state index contributed by atoms with van der Waals surface area (Å²) in [6.45, 7) is 0.302. The second-order valence-corrected chi connectivity index (χ2v) is 5.66. The minimum Gasteiger partial charge on any atom is -0.497 e. The molecule has 0 aliphatic heterocycles. The van der Waals surface area contributed by atoms with Gasteiger partial charge in [-0.15, -0.1) is 0 Å². The van der Waals surface area contributed by atoms with Crippen molar-refractivity contribution in [3.8, 4) is 11.5 Å². The highest BCUT2D eigenvalue weighted by Crippen LogP contribution is 2.22. The van der Waals surface area contributed by atoms with Crippen LogP contribution in [-0.4, -0.2) is 38.6 Å². The summed E-state index contributed by atoms with van der Waals surface area (Å²) in [4.78, 5) is 24.0. The Morgan fingerprint density at radius 1 is 1.09 bits per heavy atom. The number of hydrogen-bond acceptors (Lipinski definition) is 4. The molecule has 0 unspecified atom stereocenters. The average molecular weight is 320 g/mol. The number of hydrogen-bond donors (Lipinski definition) is 2. The van der Waals surface area contributed by atoms with Crippen LogP contribution < -0.4 is 20.1 Å². The van der Waals surface area contributed by atoms with E-state index in [0.717, 1.165) is 12.8 Å². The van der Waals surface area contributed by atoms with E-state index in [2.05, 4.69) is 10.6 Å². The maximum atomic E-state index is 12.2. The van der Waals surface area contributed by atoms with Gasteiger partial charge in [-0.3, -0.25) is 9.59 Å². The van der Waals surface area contributed by atoms with Crippen LogP contribution in [0.5, 0.6) is 11.5 Å². The molecule has 1 aromatic rings. The van der Waals surface area contributed by atoms with Crippen molar-refractivity contribution in [2.24, 2.45) is 0 Å². The van der Waals surface area contributed by atoms with E-state index in [4.69, 9.17) is 9.47 Å². The van der Waals surface area contributed by atoms with Crippen LogP contribution >= 0.6 is 0 Å². The normalized spacial score (nSPS) is 14.3. The first-order valence-electron chi connectivity index (χ1n) is 7.93. The van der Waals surface area contributed by atoms with Crippen LogP contribution in [0.3, 0.4) is 0 Å². The Morgan fingerprint density at radius 3 is 2.26 bits per heavy atom. The van der Waals surface area contributed by atoms with Gasteiger partial charge in [0.2, 0.25) is 5.91 Å². The van der Waals surface area contributed by atoms with E-state index < -0.39 is 0 Å². The summed E-state index contributed by atoms with van der Waals surface area (Å²) >= 11 is 0. The molecule has 0 aromatic heterocycles. The zero-order valence-corrected chi connectivity index (χ0v) is 13.7. The number of ether oxygens (including phenoxy) is 2. The van der Waals surface area contributed by atoms with Gasteiger partial charge >= 0.3 is 0 Å². The smallest absolute Gasteiger partial charge is 0.251 e. The molecule has 0 atom stereocenters. The predicted molar refractivity (Wildman–Crippen MR) is 86.9 cm³/mol. The highest BCUT2D eigenvalue weighted by molar-refractivity contribution is 5.95. The summed E-state index contributed by atoms with van der Waals surface area (Å²) in [5, 5.41) is 5.75. The molecule has 0 bridgehead atoms. The first kappa shape index (κ1) is 17.1. The molecule has 126 valence electrons. The lowest BCUT2D eigenvalue weighted by Gasteiger charge is -2.12. The third-order valence-corrected chi connectivity index (χ3v) is 3.97. The van der Waals surface area contributed by atoms with Gasteiger partial charge in [-0.25, -0.2) is 0 Å². The molecule has 6 heteroatoms. The van der Waals surface area contributed by atoms with Gasteiger partial charge in [0.25, 0.3) is 5.91 Å². The van der Waals surface area contributed by atoms with Gasteiger partial charge in [-0.1, -0.05) is 12.8 Å². The summed E-state index contributed by atoms with van der Waals surface area (Å²) in [7, 11) is 3.06.